The minimum absolute atomic E-state index is 0.134. The SMILES string of the molecule is CC(C)(C)OC(=O)N(Cc1cc2ccc(Cn3ccc4c(OC(F)F)cncc4c3=O)cc2[nH]1)CC1CCC1. The van der Waals surface area contributed by atoms with Gasteiger partial charge in [0.05, 0.1) is 24.7 Å². The zero-order valence-corrected chi connectivity index (χ0v) is 22.2. The van der Waals surface area contributed by atoms with Crippen LogP contribution in [0, 0.1) is 5.92 Å². The zero-order chi connectivity index (χ0) is 27.7. The van der Waals surface area contributed by atoms with Gasteiger partial charge in [-0.05, 0) is 68.7 Å². The molecule has 10 heteroatoms. The van der Waals surface area contributed by atoms with Gasteiger partial charge in [-0.3, -0.25) is 9.78 Å². The first-order valence-corrected chi connectivity index (χ1v) is 13.1. The maximum atomic E-state index is 13.1. The molecular weight excluding hydrogens is 506 g/mol. The number of fused-ring (bicyclic) bond motifs is 2. The van der Waals surface area contributed by atoms with E-state index < -0.39 is 12.2 Å². The molecule has 4 aromatic rings. The Balaban J connectivity index is 1.36. The van der Waals surface area contributed by atoms with Crippen LogP contribution in [0.5, 0.6) is 5.75 Å². The normalized spacial score (nSPS) is 14.1. The molecule has 1 aliphatic rings. The monoisotopic (exact) mass is 538 g/mol. The van der Waals surface area contributed by atoms with Gasteiger partial charge in [0.2, 0.25) is 0 Å². The molecule has 0 unspecified atom stereocenters. The number of nitrogens with one attached hydrogen (secondary N) is 1. The van der Waals surface area contributed by atoms with Gasteiger partial charge in [0.1, 0.15) is 5.60 Å². The van der Waals surface area contributed by atoms with Crippen molar-refractivity contribution in [3.8, 4) is 5.75 Å². The van der Waals surface area contributed by atoms with E-state index in [1.807, 2.05) is 45.0 Å². The summed E-state index contributed by atoms with van der Waals surface area (Å²) in [5.41, 5.74) is 1.74. The quantitative estimate of drug-likeness (QED) is 0.294. The number of alkyl halides is 2. The summed E-state index contributed by atoms with van der Waals surface area (Å²) in [5, 5.41) is 1.48. The van der Waals surface area contributed by atoms with Crippen LogP contribution < -0.4 is 10.3 Å². The Kier molecular flexibility index (Phi) is 7.29. The first kappa shape index (κ1) is 26.6. The van der Waals surface area contributed by atoms with E-state index in [1.165, 1.54) is 23.4 Å². The number of hydrogen-bond donors (Lipinski definition) is 1. The third-order valence-corrected chi connectivity index (χ3v) is 6.89. The highest BCUT2D eigenvalue weighted by atomic mass is 19.3. The van der Waals surface area contributed by atoms with E-state index in [2.05, 4.69) is 14.7 Å². The highest BCUT2D eigenvalue weighted by Crippen LogP contribution is 2.29. The van der Waals surface area contributed by atoms with Gasteiger partial charge in [0, 0.05) is 35.5 Å². The number of aromatic amines is 1. The summed E-state index contributed by atoms with van der Waals surface area (Å²) in [4.78, 5) is 35.1. The van der Waals surface area contributed by atoms with Crippen molar-refractivity contribution in [2.24, 2.45) is 5.92 Å². The summed E-state index contributed by atoms with van der Waals surface area (Å²) in [6.07, 6.45) is 7.22. The molecule has 0 atom stereocenters. The summed E-state index contributed by atoms with van der Waals surface area (Å²) in [6, 6.07) is 9.47. The van der Waals surface area contributed by atoms with E-state index in [0.717, 1.165) is 35.0 Å². The fourth-order valence-electron chi connectivity index (χ4n) is 4.83. The number of aromatic nitrogens is 3. The number of nitrogens with zero attached hydrogens (tertiary/aromatic N) is 3. The van der Waals surface area contributed by atoms with Gasteiger partial charge in [-0.1, -0.05) is 18.6 Å². The van der Waals surface area contributed by atoms with Gasteiger partial charge in [-0.2, -0.15) is 8.78 Å². The molecule has 1 aliphatic carbocycles. The summed E-state index contributed by atoms with van der Waals surface area (Å²) in [5.74, 6) is 0.367. The molecule has 0 aliphatic heterocycles. The summed E-state index contributed by atoms with van der Waals surface area (Å²) in [7, 11) is 0. The lowest BCUT2D eigenvalue weighted by molar-refractivity contribution is -0.0490. The Morgan fingerprint density at radius 3 is 2.67 bits per heavy atom. The van der Waals surface area contributed by atoms with Crippen molar-refractivity contribution in [1.82, 2.24) is 19.4 Å². The minimum atomic E-state index is -3.01. The predicted octanol–water partition coefficient (Wildman–Crippen LogP) is 6.06. The van der Waals surface area contributed by atoms with Crippen LogP contribution >= 0.6 is 0 Å². The van der Waals surface area contributed by atoms with Gasteiger partial charge in [0.15, 0.2) is 5.75 Å². The maximum absolute atomic E-state index is 13.1. The van der Waals surface area contributed by atoms with Crippen LogP contribution in [-0.4, -0.2) is 44.3 Å². The number of carbonyl (C=O) groups excluding carboxylic acids is 1. The smallest absolute Gasteiger partial charge is 0.410 e. The van der Waals surface area contributed by atoms with E-state index in [9.17, 15) is 18.4 Å². The highest BCUT2D eigenvalue weighted by molar-refractivity contribution is 5.86. The maximum Gasteiger partial charge on any atom is 0.410 e. The van der Waals surface area contributed by atoms with Gasteiger partial charge in [-0.15, -0.1) is 0 Å². The molecule has 1 N–H and O–H groups in total. The summed E-state index contributed by atoms with van der Waals surface area (Å²) < 4.78 is 37.1. The lowest BCUT2D eigenvalue weighted by Crippen LogP contribution is -2.40. The molecule has 1 saturated carbocycles. The van der Waals surface area contributed by atoms with Crippen molar-refractivity contribution in [2.75, 3.05) is 6.54 Å². The van der Waals surface area contributed by atoms with Crippen LogP contribution in [0.1, 0.15) is 51.3 Å². The zero-order valence-electron chi connectivity index (χ0n) is 22.2. The molecule has 0 bridgehead atoms. The van der Waals surface area contributed by atoms with Crippen molar-refractivity contribution >= 4 is 27.8 Å². The van der Waals surface area contributed by atoms with E-state index in [4.69, 9.17) is 4.74 Å². The lowest BCUT2D eigenvalue weighted by atomic mass is 9.85. The Morgan fingerprint density at radius 2 is 1.97 bits per heavy atom. The molecule has 8 nitrogen and oxygen atoms in total. The number of benzene rings is 1. The molecule has 3 heterocycles. The largest absolute Gasteiger partial charge is 0.444 e. The van der Waals surface area contributed by atoms with E-state index >= 15 is 0 Å². The Morgan fingerprint density at radius 1 is 1.18 bits per heavy atom. The molecule has 39 heavy (non-hydrogen) atoms. The fourth-order valence-corrected chi connectivity index (χ4v) is 4.83. The Labute approximate surface area is 224 Å². The number of halogens is 2. The van der Waals surface area contributed by atoms with Crippen molar-refractivity contribution in [3.05, 3.63) is 70.5 Å². The molecule has 1 aromatic carbocycles. The molecular formula is C29H32F2N4O4. The molecule has 3 aromatic heterocycles. The average molecular weight is 539 g/mol. The topological polar surface area (TPSA) is 89.4 Å². The van der Waals surface area contributed by atoms with E-state index in [0.29, 0.717) is 19.0 Å². The second-order valence-electron chi connectivity index (χ2n) is 11.1. The number of rotatable bonds is 8. The van der Waals surface area contributed by atoms with E-state index in [-0.39, 0.29) is 34.7 Å². The highest BCUT2D eigenvalue weighted by Gasteiger charge is 2.27. The molecule has 0 saturated heterocycles. The van der Waals surface area contributed by atoms with Crippen LogP contribution in [0.3, 0.4) is 0 Å². The number of amides is 1. The number of carbonyl (C=O) groups is 1. The van der Waals surface area contributed by atoms with Crippen molar-refractivity contribution in [3.63, 3.8) is 0 Å². The number of H-pyrrole nitrogens is 1. The van der Waals surface area contributed by atoms with Crippen LogP contribution in [0.2, 0.25) is 0 Å². The molecule has 5 rings (SSSR count). The third kappa shape index (κ3) is 6.21. The number of pyridine rings is 2. The summed E-state index contributed by atoms with van der Waals surface area (Å²) >= 11 is 0. The second kappa shape index (κ2) is 10.7. The van der Waals surface area contributed by atoms with Gasteiger partial charge in [0.25, 0.3) is 5.56 Å². The molecule has 1 amide bonds. The average Bonchev–Trinajstić information content (AvgIpc) is 3.23. The Hall–Kier alpha value is -3.95. The van der Waals surface area contributed by atoms with Crippen molar-refractivity contribution in [2.45, 2.75) is 65.3 Å². The van der Waals surface area contributed by atoms with Gasteiger partial charge in [-0.25, -0.2) is 4.79 Å². The first-order valence-electron chi connectivity index (χ1n) is 13.1. The van der Waals surface area contributed by atoms with Crippen LogP contribution in [0.4, 0.5) is 13.6 Å². The molecule has 1 fully saturated rings. The van der Waals surface area contributed by atoms with Crippen LogP contribution in [0.15, 0.2) is 53.7 Å². The number of hydrogen-bond acceptors (Lipinski definition) is 5. The Bertz CT molecular complexity index is 1550. The van der Waals surface area contributed by atoms with Crippen molar-refractivity contribution in [1.29, 1.82) is 0 Å². The molecule has 0 spiro atoms. The number of ether oxygens (including phenoxy) is 2. The lowest BCUT2D eigenvalue weighted by Gasteiger charge is -2.33. The first-order chi connectivity index (χ1) is 18.6. The van der Waals surface area contributed by atoms with E-state index in [1.54, 1.807) is 17.2 Å². The fraction of sp³-hybridized carbons (Fsp3) is 0.414. The standard InChI is InChI=1S/C29H32F2N4O4/c1-29(2,3)39-28(37)35(15-18-5-4-6-18)17-21-12-20-8-7-19(11-24(20)33-21)16-34-10-9-22-23(26(34)36)13-32-14-25(22)38-27(30)31/h7-14,18,27,33H,4-6,15-17H2,1-3H3. The van der Waals surface area contributed by atoms with Gasteiger partial charge >= 0.3 is 12.7 Å². The molecule has 206 valence electrons. The predicted molar refractivity (Wildman–Crippen MR) is 144 cm³/mol. The summed E-state index contributed by atoms with van der Waals surface area (Å²) in [6.45, 7) is 3.95. The third-order valence-electron chi connectivity index (χ3n) is 6.89. The van der Waals surface area contributed by atoms with Crippen LogP contribution in [-0.2, 0) is 17.8 Å². The molecule has 0 radical (unpaired) electrons. The van der Waals surface area contributed by atoms with Gasteiger partial charge < -0.3 is 23.9 Å². The van der Waals surface area contributed by atoms with Crippen LogP contribution in [0.25, 0.3) is 21.7 Å². The van der Waals surface area contributed by atoms with Crippen molar-refractivity contribution < 1.29 is 23.0 Å². The minimum Gasteiger partial charge on any atom is -0.444 e. The second-order valence-corrected chi connectivity index (χ2v) is 11.1.